The van der Waals surface area contributed by atoms with E-state index >= 15 is 0 Å². The predicted octanol–water partition coefficient (Wildman–Crippen LogP) is 3.39. The highest BCUT2D eigenvalue weighted by atomic mass is 19.4. The van der Waals surface area contributed by atoms with E-state index in [2.05, 4.69) is 0 Å². The summed E-state index contributed by atoms with van der Waals surface area (Å²) >= 11 is 0. The van der Waals surface area contributed by atoms with Crippen molar-refractivity contribution < 1.29 is 17.9 Å². The second-order valence-electron chi connectivity index (χ2n) is 3.16. The minimum absolute atomic E-state index is 0.186. The lowest BCUT2D eigenvalue weighted by molar-refractivity contribution is -0.178. The third-order valence-electron chi connectivity index (χ3n) is 2.00. The van der Waals surface area contributed by atoms with Gasteiger partial charge in [0.25, 0.3) is 0 Å². The molecule has 0 rings (SSSR count). The van der Waals surface area contributed by atoms with Crippen LogP contribution in [-0.2, 0) is 4.74 Å². The van der Waals surface area contributed by atoms with Gasteiger partial charge >= 0.3 is 6.18 Å². The van der Waals surface area contributed by atoms with Gasteiger partial charge in [0.05, 0.1) is 5.92 Å². The molecule has 0 fully saturated rings. The Balaban J connectivity index is 3.81. The fourth-order valence-corrected chi connectivity index (χ4v) is 1.29. The lowest BCUT2D eigenvalue weighted by Crippen LogP contribution is -2.23. The summed E-state index contributed by atoms with van der Waals surface area (Å²) in [5, 5.41) is 0. The van der Waals surface area contributed by atoms with Gasteiger partial charge in [-0.1, -0.05) is 13.3 Å². The van der Waals surface area contributed by atoms with E-state index in [1.54, 1.807) is 6.92 Å². The van der Waals surface area contributed by atoms with Crippen molar-refractivity contribution in [2.75, 3.05) is 13.7 Å². The summed E-state index contributed by atoms with van der Waals surface area (Å²) < 4.78 is 41.6. The van der Waals surface area contributed by atoms with Gasteiger partial charge in [0.15, 0.2) is 0 Å². The first-order valence-electron chi connectivity index (χ1n) is 4.58. The molecule has 0 radical (unpaired) electrons. The molecule has 0 aromatic carbocycles. The van der Waals surface area contributed by atoms with Crippen molar-refractivity contribution in [1.29, 1.82) is 0 Å². The highest BCUT2D eigenvalue weighted by Gasteiger charge is 2.37. The molecule has 0 aliphatic rings. The minimum atomic E-state index is -4.04. The first kappa shape index (κ1) is 12.8. The number of hydrogen-bond donors (Lipinski definition) is 0. The van der Waals surface area contributed by atoms with E-state index in [9.17, 15) is 13.2 Å². The van der Waals surface area contributed by atoms with Crippen LogP contribution in [0.2, 0.25) is 0 Å². The van der Waals surface area contributed by atoms with Crippen molar-refractivity contribution in [3.05, 3.63) is 0 Å². The predicted molar refractivity (Wildman–Crippen MR) is 45.6 cm³/mol. The highest BCUT2D eigenvalue weighted by molar-refractivity contribution is 4.67. The first-order valence-corrected chi connectivity index (χ1v) is 4.58. The maximum Gasteiger partial charge on any atom is 0.391 e. The van der Waals surface area contributed by atoms with Crippen LogP contribution in [0.5, 0.6) is 0 Å². The fraction of sp³-hybridized carbons (Fsp3) is 1.00. The van der Waals surface area contributed by atoms with Crippen LogP contribution >= 0.6 is 0 Å². The van der Waals surface area contributed by atoms with Gasteiger partial charge in [0.1, 0.15) is 0 Å². The van der Waals surface area contributed by atoms with E-state index in [-0.39, 0.29) is 12.8 Å². The van der Waals surface area contributed by atoms with E-state index in [4.69, 9.17) is 4.74 Å². The van der Waals surface area contributed by atoms with Crippen LogP contribution in [-0.4, -0.2) is 19.9 Å². The van der Waals surface area contributed by atoms with Gasteiger partial charge in [-0.3, -0.25) is 0 Å². The Morgan fingerprint density at radius 3 is 2.23 bits per heavy atom. The number of methoxy groups -OCH3 is 1. The third kappa shape index (κ3) is 5.91. The standard InChI is InChI=1S/C9H17F3O/c1-3-5-8(9(10,11)12)6-4-7-13-2/h8H,3-7H2,1-2H3. The van der Waals surface area contributed by atoms with Crippen molar-refractivity contribution in [1.82, 2.24) is 0 Å². The zero-order chi connectivity index (χ0) is 10.3. The van der Waals surface area contributed by atoms with Crippen LogP contribution in [0.15, 0.2) is 0 Å². The molecule has 0 amide bonds. The molecule has 13 heavy (non-hydrogen) atoms. The number of ether oxygens (including phenoxy) is 1. The molecule has 0 aliphatic carbocycles. The Labute approximate surface area is 77.3 Å². The molecule has 0 saturated heterocycles. The molecule has 1 nitrogen and oxygen atoms in total. The Bertz CT molecular complexity index is 123. The van der Waals surface area contributed by atoms with E-state index in [1.165, 1.54) is 7.11 Å². The van der Waals surface area contributed by atoms with Gasteiger partial charge in [-0.05, 0) is 19.3 Å². The number of halogens is 3. The summed E-state index contributed by atoms with van der Waals surface area (Å²) in [6.45, 7) is 2.19. The van der Waals surface area contributed by atoms with Gasteiger partial charge < -0.3 is 4.74 Å². The average molecular weight is 198 g/mol. The Kier molecular flexibility index (Phi) is 6.12. The molecule has 80 valence electrons. The Hall–Kier alpha value is -0.250. The third-order valence-corrected chi connectivity index (χ3v) is 2.00. The van der Waals surface area contributed by atoms with Crippen molar-refractivity contribution >= 4 is 0 Å². The maximum absolute atomic E-state index is 12.3. The van der Waals surface area contributed by atoms with Crippen molar-refractivity contribution in [2.45, 2.75) is 38.8 Å². The lowest BCUT2D eigenvalue weighted by Gasteiger charge is -2.19. The summed E-state index contributed by atoms with van der Waals surface area (Å²) in [6, 6.07) is 0. The molecule has 0 spiro atoms. The van der Waals surface area contributed by atoms with E-state index < -0.39 is 12.1 Å². The molecule has 1 atom stereocenters. The second-order valence-corrected chi connectivity index (χ2v) is 3.16. The molecular formula is C9H17F3O. The lowest BCUT2D eigenvalue weighted by atomic mass is 9.98. The minimum Gasteiger partial charge on any atom is -0.385 e. The van der Waals surface area contributed by atoms with Crippen LogP contribution < -0.4 is 0 Å². The molecule has 0 saturated carbocycles. The molecule has 0 aromatic heterocycles. The summed E-state index contributed by atoms with van der Waals surface area (Å²) in [5.74, 6) is -1.15. The first-order chi connectivity index (χ1) is 6.02. The molecule has 4 heteroatoms. The fourth-order valence-electron chi connectivity index (χ4n) is 1.29. The molecule has 0 aliphatic heterocycles. The zero-order valence-corrected chi connectivity index (χ0v) is 8.16. The van der Waals surface area contributed by atoms with Gasteiger partial charge in [0, 0.05) is 13.7 Å². The van der Waals surface area contributed by atoms with E-state index in [1.807, 2.05) is 0 Å². The smallest absolute Gasteiger partial charge is 0.385 e. The maximum atomic E-state index is 12.3. The molecule has 0 aromatic rings. The van der Waals surface area contributed by atoms with Gasteiger partial charge in [-0.25, -0.2) is 0 Å². The van der Waals surface area contributed by atoms with Gasteiger partial charge in [-0.15, -0.1) is 0 Å². The summed E-state index contributed by atoms with van der Waals surface area (Å²) in [5.41, 5.74) is 0. The van der Waals surface area contributed by atoms with Crippen molar-refractivity contribution in [3.8, 4) is 0 Å². The largest absolute Gasteiger partial charge is 0.391 e. The highest BCUT2D eigenvalue weighted by Crippen LogP contribution is 2.33. The van der Waals surface area contributed by atoms with Crippen molar-refractivity contribution in [3.63, 3.8) is 0 Å². The topological polar surface area (TPSA) is 9.23 Å². The zero-order valence-electron chi connectivity index (χ0n) is 8.16. The molecular weight excluding hydrogens is 181 g/mol. The van der Waals surface area contributed by atoms with E-state index in [0.717, 1.165) is 0 Å². The quantitative estimate of drug-likeness (QED) is 0.594. The Morgan fingerprint density at radius 1 is 1.23 bits per heavy atom. The van der Waals surface area contributed by atoms with Crippen LogP contribution in [0.4, 0.5) is 13.2 Å². The number of rotatable bonds is 6. The van der Waals surface area contributed by atoms with Gasteiger partial charge in [-0.2, -0.15) is 13.2 Å². The molecule has 0 heterocycles. The number of alkyl halides is 3. The number of hydrogen-bond acceptors (Lipinski definition) is 1. The summed E-state index contributed by atoms with van der Waals surface area (Å²) in [6.07, 6.45) is -2.56. The van der Waals surface area contributed by atoms with Crippen LogP contribution in [0.25, 0.3) is 0 Å². The van der Waals surface area contributed by atoms with Gasteiger partial charge in [0.2, 0.25) is 0 Å². The monoisotopic (exact) mass is 198 g/mol. The molecule has 1 unspecified atom stereocenters. The second kappa shape index (κ2) is 6.24. The normalized spacial score (nSPS) is 14.5. The van der Waals surface area contributed by atoms with Crippen LogP contribution in [0.3, 0.4) is 0 Å². The summed E-state index contributed by atoms with van der Waals surface area (Å²) in [4.78, 5) is 0. The molecule has 0 N–H and O–H groups in total. The molecule has 0 bridgehead atoms. The SMILES string of the molecule is CCCC(CCCOC)C(F)(F)F. The van der Waals surface area contributed by atoms with Crippen molar-refractivity contribution in [2.24, 2.45) is 5.92 Å². The Morgan fingerprint density at radius 2 is 1.85 bits per heavy atom. The van der Waals surface area contributed by atoms with Crippen LogP contribution in [0.1, 0.15) is 32.6 Å². The van der Waals surface area contributed by atoms with E-state index in [0.29, 0.717) is 19.4 Å². The van der Waals surface area contributed by atoms with Crippen LogP contribution in [0, 0.1) is 5.92 Å². The summed E-state index contributed by atoms with van der Waals surface area (Å²) in [7, 11) is 1.50. The average Bonchev–Trinajstić information content (AvgIpc) is 2.01.